The number of fused-ring (bicyclic) bond motifs is 2. The van der Waals surface area contributed by atoms with Crippen LogP contribution in [0.4, 0.5) is 0 Å². The van der Waals surface area contributed by atoms with Crippen LogP contribution in [0.1, 0.15) is 28.8 Å². The maximum absolute atomic E-state index is 12.6. The van der Waals surface area contributed by atoms with Crippen LogP contribution >= 0.6 is 0 Å². The molecule has 1 aromatic heterocycles. The van der Waals surface area contributed by atoms with Crippen molar-refractivity contribution in [2.24, 2.45) is 5.92 Å². The van der Waals surface area contributed by atoms with Crippen molar-refractivity contribution in [1.82, 2.24) is 9.88 Å². The molecule has 1 aromatic rings. The third kappa shape index (κ3) is 2.42. The number of nitrogens with zero attached hydrogens (tertiary/aromatic N) is 2. The Kier molecular flexibility index (Phi) is 3.37. The van der Waals surface area contributed by atoms with Crippen molar-refractivity contribution in [3.63, 3.8) is 0 Å². The number of likely N-dealkylation sites (N-methyl/N-ethyl adjacent to an activating group) is 1. The predicted molar refractivity (Wildman–Crippen MR) is 72.2 cm³/mol. The van der Waals surface area contributed by atoms with Crippen LogP contribution in [0.5, 0.6) is 0 Å². The minimum Gasteiger partial charge on any atom is -0.378 e. The molecule has 0 aliphatic carbocycles. The van der Waals surface area contributed by atoms with E-state index in [1.54, 1.807) is 12.4 Å². The molecule has 102 valence electrons. The number of aromatic nitrogens is 1. The van der Waals surface area contributed by atoms with Gasteiger partial charge in [0, 0.05) is 36.0 Å². The minimum absolute atomic E-state index is 0.124. The summed E-state index contributed by atoms with van der Waals surface area (Å²) in [4.78, 5) is 19.1. The van der Waals surface area contributed by atoms with Crippen LogP contribution in [0.15, 0.2) is 18.5 Å². The molecular weight excluding hydrogens is 240 g/mol. The number of aryl methyl sites for hydroxylation is 1. The van der Waals surface area contributed by atoms with E-state index in [2.05, 4.69) is 16.9 Å². The lowest BCUT2D eigenvalue weighted by Gasteiger charge is -2.46. The van der Waals surface area contributed by atoms with Crippen LogP contribution in [-0.2, 0) is 4.74 Å². The molecule has 0 spiro atoms. The predicted octanol–water partition coefficient (Wildman–Crippen LogP) is 1.68. The normalized spacial score (nSPS) is 31.2. The van der Waals surface area contributed by atoms with Crippen LogP contribution < -0.4 is 0 Å². The van der Waals surface area contributed by atoms with Gasteiger partial charge in [0.25, 0.3) is 0 Å². The van der Waals surface area contributed by atoms with E-state index in [-0.39, 0.29) is 11.7 Å². The average Bonchev–Trinajstić information content (AvgIpc) is 2.37. The van der Waals surface area contributed by atoms with Gasteiger partial charge in [-0.2, -0.15) is 0 Å². The number of piperidine rings is 1. The fourth-order valence-corrected chi connectivity index (χ4v) is 3.23. The Morgan fingerprint density at radius 2 is 2.00 bits per heavy atom. The first kappa shape index (κ1) is 12.8. The van der Waals surface area contributed by atoms with Crippen molar-refractivity contribution < 1.29 is 9.53 Å². The second-order valence-corrected chi connectivity index (χ2v) is 5.79. The van der Waals surface area contributed by atoms with Gasteiger partial charge >= 0.3 is 0 Å². The van der Waals surface area contributed by atoms with Gasteiger partial charge in [-0.15, -0.1) is 0 Å². The molecule has 2 unspecified atom stereocenters. The number of morpholine rings is 1. The van der Waals surface area contributed by atoms with E-state index in [1.807, 2.05) is 13.0 Å². The molecule has 2 aliphatic heterocycles. The topological polar surface area (TPSA) is 42.4 Å². The van der Waals surface area contributed by atoms with Crippen molar-refractivity contribution in [3.8, 4) is 0 Å². The Morgan fingerprint density at radius 1 is 1.32 bits per heavy atom. The summed E-state index contributed by atoms with van der Waals surface area (Å²) in [5.41, 5.74) is 1.80. The van der Waals surface area contributed by atoms with Gasteiger partial charge in [-0.05, 0) is 38.4 Å². The SMILES string of the molecule is Cc1cncc(C(=O)C2CC3COCC(C2)N3C)c1. The maximum Gasteiger partial charge on any atom is 0.167 e. The van der Waals surface area contributed by atoms with E-state index < -0.39 is 0 Å². The van der Waals surface area contributed by atoms with Crippen molar-refractivity contribution in [2.75, 3.05) is 20.3 Å². The van der Waals surface area contributed by atoms with Gasteiger partial charge in [0.15, 0.2) is 5.78 Å². The first-order valence-corrected chi connectivity index (χ1v) is 6.90. The summed E-state index contributed by atoms with van der Waals surface area (Å²) in [5, 5.41) is 0. The Bertz CT molecular complexity index is 475. The van der Waals surface area contributed by atoms with Gasteiger partial charge in [0.2, 0.25) is 0 Å². The van der Waals surface area contributed by atoms with Gasteiger partial charge in [-0.25, -0.2) is 0 Å². The number of ether oxygens (including phenoxy) is 1. The first-order chi connectivity index (χ1) is 9.15. The molecule has 0 saturated carbocycles. The number of hydrogen-bond donors (Lipinski definition) is 0. The highest BCUT2D eigenvalue weighted by Gasteiger charge is 2.39. The summed E-state index contributed by atoms with van der Waals surface area (Å²) in [7, 11) is 2.15. The molecule has 3 rings (SSSR count). The highest BCUT2D eigenvalue weighted by atomic mass is 16.5. The third-order valence-corrected chi connectivity index (χ3v) is 4.42. The molecule has 0 N–H and O–H groups in total. The lowest BCUT2D eigenvalue weighted by molar-refractivity contribution is -0.0702. The van der Waals surface area contributed by atoms with Gasteiger partial charge < -0.3 is 4.74 Å². The molecule has 0 radical (unpaired) electrons. The quantitative estimate of drug-likeness (QED) is 0.759. The molecule has 2 atom stereocenters. The molecule has 4 nitrogen and oxygen atoms in total. The third-order valence-electron chi connectivity index (χ3n) is 4.42. The maximum atomic E-state index is 12.6. The van der Waals surface area contributed by atoms with E-state index in [0.717, 1.165) is 37.2 Å². The Hall–Kier alpha value is -1.26. The van der Waals surface area contributed by atoms with Crippen molar-refractivity contribution >= 4 is 5.78 Å². The number of rotatable bonds is 2. The Morgan fingerprint density at radius 3 is 2.63 bits per heavy atom. The van der Waals surface area contributed by atoms with Crippen LogP contribution in [0, 0.1) is 12.8 Å². The fourth-order valence-electron chi connectivity index (χ4n) is 3.23. The van der Waals surface area contributed by atoms with Gasteiger partial charge in [0.05, 0.1) is 13.2 Å². The van der Waals surface area contributed by atoms with Gasteiger partial charge in [-0.3, -0.25) is 14.7 Å². The minimum atomic E-state index is 0.124. The molecule has 4 heteroatoms. The van der Waals surface area contributed by atoms with E-state index >= 15 is 0 Å². The van der Waals surface area contributed by atoms with Crippen LogP contribution in [-0.4, -0.2) is 48.0 Å². The largest absolute Gasteiger partial charge is 0.378 e. The molecule has 2 saturated heterocycles. The molecule has 19 heavy (non-hydrogen) atoms. The Labute approximate surface area is 113 Å². The highest BCUT2D eigenvalue weighted by molar-refractivity contribution is 5.97. The van der Waals surface area contributed by atoms with E-state index in [4.69, 9.17) is 4.74 Å². The van der Waals surface area contributed by atoms with Crippen LogP contribution in [0.3, 0.4) is 0 Å². The zero-order valence-corrected chi connectivity index (χ0v) is 11.5. The summed E-state index contributed by atoms with van der Waals surface area (Å²) < 4.78 is 5.59. The van der Waals surface area contributed by atoms with Crippen molar-refractivity contribution in [2.45, 2.75) is 31.8 Å². The van der Waals surface area contributed by atoms with Crippen molar-refractivity contribution in [1.29, 1.82) is 0 Å². The smallest absolute Gasteiger partial charge is 0.167 e. The summed E-state index contributed by atoms with van der Waals surface area (Å²) in [6.45, 7) is 3.48. The summed E-state index contributed by atoms with van der Waals surface area (Å²) in [5.74, 6) is 0.375. The summed E-state index contributed by atoms with van der Waals surface area (Å²) >= 11 is 0. The summed E-state index contributed by atoms with van der Waals surface area (Å²) in [6.07, 6.45) is 5.29. The lowest BCUT2D eigenvalue weighted by Crippen LogP contribution is -2.55. The zero-order valence-electron chi connectivity index (χ0n) is 11.5. The molecule has 3 heterocycles. The highest BCUT2D eigenvalue weighted by Crippen LogP contribution is 2.32. The fraction of sp³-hybridized carbons (Fsp3) is 0.600. The second-order valence-electron chi connectivity index (χ2n) is 5.79. The number of ketones is 1. The molecule has 2 bridgehead atoms. The monoisotopic (exact) mass is 260 g/mol. The first-order valence-electron chi connectivity index (χ1n) is 6.90. The number of pyridine rings is 1. The lowest BCUT2D eigenvalue weighted by atomic mass is 9.81. The molecule has 0 amide bonds. The molecule has 0 aromatic carbocycles. The average molecular weight is 260 g/mol. The van der Waals surface area contributed by atoms with Crippen LogP contribution in [0.2, 0.25) is 0 Å². The van der Waals surface area contributed by atoms with Crippen LogP contribution in [0.25, 0.3) is 0 Å². The molecular formula is C15H20N2O2. The van der Waals surface area contributed by atoms with Crippen molar-refractivity contribution in [3.05, 3.63) is 29.6 Å². The second kappa shape index (κ2) is 5.02. The number of hydrogen-bond acceptors (Lipinski definition) is 4. The van der Waals surface area contributed by atoms with E-state index in [0.29, 0.717) is 12.1 Å². The van der Waals surface area contributed by atoms with Gasteiger partial charge in [-0.1, -0.05) is 0 Å². The standard InChI is InChI=1S/C15H20N2O2/c1-10-3-12(7-16-6-10)15(18)11-4-13-8-19-9-14(5-11)17(13)2/h3,6-7,11,13-14H,4-5,8-9H2,1-2H3. The van der Waals surface area contributed by atoms with Gasteiger partial charge in [0.1, 0.15) is 0 Å². The molecule has 2 fully saturated rings. The number of carbonyl (C=O) groups is 1. The van der Waals surface area contributed by atoms with E-state index in [9.17, 15) is 4.79 Å². The zero-order chi connectivity index (χ0) is 13.4. The Balaban J connectivity index is 1.78. The summed E-state index contributed by atoms with van der Waals surface area (Å²) in [6, 6.07) is 2.72. The number of Topliss-reactive ketones (excluding diaryl/α,β-unsaturated/α-hetero) is 1. The van der Waals surface area contributed by atoms with E-state index in [1.165, 1.54) is 0 Å². The molecule has 2 aliphatic rings. The number of carbonyl (C=O) groups excluding carboxylic acids is 1.